The van der Waals surface area contributed by atoms with Gasteiger partial charge in [-0.2, -0.15) is 5.10 Å². The molecule has 1 aliphatic rings. The van der Waals surface area contributed by atoms with Gasteiger partial charge in [0.25, 0.3) is 5.56 Å². The van der Waals surface area contributed by atoms with Crippen molar-refractivity contribution in [1.29, 1.82) is 0 Å². The van der Waals surface area contributed by atoms with Crippen LogP contribution in [0.2, 0.25) is 0 Å². The van der Waals surface area contributed by atoms with Crippen molar-refractivity contribution in [1.82, 2.24) is 29.3 Å². The highest BCUT2D eigenvalue weighted by molar-refractivity contribution is 6.05. The van der Waals surface area contributed by atoms with E-state index < -0.39 is 0 Å². The lowest BCUT2D eigenvalue weighted by molar-refractivity contribution is 0.496. The predicted molar refractivity (Wildman–Crippen MR) is 141 cm³/mol. The van der Waals surface area contributed by atoms with E-state index in [-0.39, 0.29) is 11.6 Å². The van der Waals surface area contributed by atoms with Crippen LogP contribution in [0.1, 0.15) is 25.3 Å². The van der Waals surface area contributed by atoms with Crippen molar-refractivity contribution in [2.45, 2.75) is 38.9 Å². The molecule has 6 rings (SSSR count). The SMILES string of the molecule is CC#CCn1c(N2CCCC(N)C2)nc2cnn(Cc3cc4nccnc4c4ccccc34)c(=O)c21. The van der Waals surface area contributed by atoms with Gasteiger partial charge in [-0.1, -0.05) is 30.2 Å². The quantitative estimate of drug-likeness (QED) is 0.313. The zero-order valence-corrected chi connectivity index (χ0v) is 20.1. The minimum Gasteiger partial charge on any atom is -0.341 e. The molecule has 1 fully saturated rings. The standard InChI is InChI=1S/C27H26N8O/c1-2-3-13-34-25-23(32-27(34)33-12-6-7-19(28)17-33)15-31-35(26(25)36)16-18-14-22-24(30-11-10-29-22)21-9-5-4-8-20(18)21/h4-5,8-11,14-15,19H,6-7,12-13,16-17,28H2,1H3. The van der Waals surface area contributed by atoms with Gasteiger partial charge in [-0.3, -0.25) is 19.3 Å². The zero-order valence-electron chi connectivity index (χ0n) is 20.1. The van der Waals surface area contributed by atoms with Crippen molar-refractivity contribution in [3.05, 3.63) is 64.8 Å². The van der Waals surface area contributed by atoms with E-state index >= 15 is 0 Å². The molecule has 5 aromatic rings. The first kappa shape index (κ1) is 22.2. The van der Waals surface area contributed by atoms with E-state index in [2.05, 4.69) is 31.8 Å². The summed E-state index contributed by atoms with van der Waals surface area (Å²) in [6, 6.07) is 10.1. The van der Waals surface area contributed by atoms with E-state index in [4.69, 9.17) is 10.7 Å². The number of piperidine rings is 1. The van der Waals surface area contributed by atoms with Gasteiger partial charge in [0.05, 0.1) is 30.3 Å². The summed E-state index contributed by atoms with van der Waals surface area (Å²) in [4.78, 5) is 29.8. The number of benzene rings is 2. The van der Waals surface area contributed by atoms with Crippen LogP contribution in [0.15, 0.2) is 53.7 Å². The number of aromatic nitrogens is 6. The zero-order chi connectivity index (χ0) is 24.6. The van der Waals surface area contributed by atoms with Gasteiger partial charge in [-0.15, -0.1) is 5.92 Å². The Labute approximate surface area is 207 Å². The molecule has 1 saturated heterocycles. The highest BCUT2D eigenvalue weighted by atomic mass is 16.1. The number of imidazole rings is 1. The second-order valence-electron chi connectivity index (χ2n) is 9.12. The molecule has 3 aromatic heterocycles. The van der Waals surface area contributed by atoms with Crippen LogP contribution >= 0.6 is 0 Å². The summed E-state index contributed by atoms with van der Waals surface area (Å²) in [5, 5.41) is 6.52. The average molecular weight is 479 g/mol. The Hall–Kier alpha value is -4.29. The molecule has 2 aromatic carbocycles. The molecular formula is C27H26N8O. The Morgan fingerprint density at radius 3 is 2.81 bits per heavy atom. The van der Waals surface area contributed by atoms with Gasteiger partial charge in [0, 0.05) is 36.9 Å². The highest BCUT2D eigenvalue weighted by Crippen LogP contribution is 2.27. The van der Waals surface area contributed by atoms with Gasteiger partial charge in [0.15, 0.2) is 0 Å². The molecular weight excluding hydrogens is 452 g/mol. The number of nitrogens with zero attached hydrogens (tertiary/aromatic N) is 7. The van der Waals surface area contributed by atoms with E-state index in [1.807, 2.05) is 34.9 Å². The highest BCUT2D eigenvalue weighted by Gasteiger charge is 2.24. The third kappa shape index (κ3) is 3.76. The minimum atomic E-state index is -0.200. The van der Waals surface area contributed by atoms with Crippen LogP contribution in [0, 0.1) is 11.8 Å². The minimum absolute atomic E-state index is 0.0864. The van der Waals surface area contributed by atoms with Crippen molar-refractivity contribution in [2.24, 2.45) is 5.73 Å². The molecule has 1 atom stereocenters. The molecule has 2 N–H and O–H groups in total. The summed E-state index contributed by atoms with van der Waals surface area (Å²) >= 11 is 0. The van der Waals surface area contributed by atoms with E-state index in [1.54, 1.807) is 25.5 Å². The number of fused-ring (bicyclic) bond motifs is 4. The second-order valence-corrected chi connectivity index (χ2v) is 9.12. The Morgan fingerprint density at radius 2 is 1.97 bits per heavy atom. The third-order valence-electron chi connectivity index (χ3n) is 6.77. The maximum Gasteiger partial charge on any atom is 0.293 e. The molecule has 0 aliphatic carbocycles. The van der Waals surface area contributed by atoms with Gasteiger partial charge in [-0.25, -0.2) is 9.67 Å². The number of nitrogens with two attached hydrogens (primary N) is 1. The first-order chi connectivity index (χ1) is 17.6. The monoisotopic (exact) mass is 478 g/mol. The van der Waals surface area contributed by atoms with E-state index in [1.165, 1.54) is 4.68 Å². The summed E-state index contributed by atoms with van der Waals surface area (Å²) in [6.07, 6.45) is 7.03. The molecule has 9 heteroatoms. The molecule has 4 heterocycles. The number of hydrogen-bond acceptors (Lipinski definition) is 7. The van der Waals surface area contributed by atoms with Crippen molar-refractivity contribution in [2.75, 3.05) is 18.0 Å². The van der Waals surface area contributed by atoms with Crippen LogP contribution in [0.4, 0.5) is 5.95 Å². The summed E-state index contributed by atoms with van der Waals surface area (Å²) < 4.78 is 3.41. The van der Waals surface area contributed by atoms with Gasteiger partial charge in [0.2, 0.25) is 5.95 Å². The predicted octanol–water partition coefficient (Wildman–Crippen LogP) is 2.69. The van der Waals surface area contributed by atoms with Crippen molar-refractivity contribution >= 4 is 38.8 Å². The largest absolute Gasteiger partial charge is 0.341 e. The molecule has 0 bridgehead atoms. The van der Waals surface area contributed by atoms with E-state index in [0.717, 1.165) is 52.7 Å². The first-order valence-electron chi connectivity index (χ1n) is 12.1. The fraction of sp³-hybridized carbons (Fsp3) is 0.296. The average Bonchev–Trinajstić information content (AvgIpc) is 3.28. The lowest BCUT2D eigenvalue weighted by Crippen LogP contribution is -2.44. The van der Waals surface area contributed by atoms with Crippen molar-refractivity contribution in [3.8, 4) is 11.8 Å². The number of rotatable bonds is 4. The van der Waals surface area contributed by atoms with Gasteiger partial charge >= 0.3 is 0 Å². The Morgan fingerprint density at radius 1 is 1.14 bits per heavy atom. The topological polar surface area (TPSA) is 108 Å². The molecule has 0 saturated carbocycles. The number of anilines is 1. The lowest BCUT2D eigenvalue weighted by atomic mass is 10.0. The lowest BCUT2D eigenvalue weighted by Gasteiger charge is -2.31. The normalized spacial score (nSPS) is 15.9. The molecule has 36 heavy (non-hydrogen) atoms. The molecule has 180 valence electrons. The summed E-state index contributed by atoms with van der Waals surface area (Å²) in [7, 11) is 0. The second kappa shape index (κ2) is 9.06. The van der Waals surface area contributed by atoms with Crippen LogP contribution in [0.3, 0.4) is 0 Å². The molecule has 0 amide bonds. The smallest absolute Gasteiger partial charge is 0.293 e. The maximum absolute atomic E-state index is 13.8. The summed E-state index contributed by atoms with van der Waals surface area (Å²) in [6.45, 7) is 4.03. The molecule has 1 aliphatic heterocycles. The Bertz CT molecular complexity index is 1730. The van der Waals surface area contributed by atoms with Gasteiger partial charge in [-0.05, 0) is 36.8 Å². The van der Waals surface area contributed by atoms with Crippen LogP contribution in [0.25, 0.3) is 32.8 Å². The van der Waals surface area contributed by atoms with Crippen molar-refractivity contribution < 1.29 is 0 Å². The molecule has 9 nitrogen and oxygen atoms in total. The van der Waals surface area contributed by atoms with Crippen LogP contribution in [0.5, 0.6) is 0 Å². The number of hydrogen-bond donors (Lipinski definition) is 1. The van der Waals surface area contributed by atoms with Crippen LogP contribution in [-0.4, -0.2) is 48.4 Å². The van der Waals surface area contributed by atoms with Gasteiger partial charge in [0.1, 0.15) is 11.0 Å². The van der Waals surface area contributed by atoms with Gasteiger partial charge < -0.3 is 10.6 Å². The Kier molecular flexibility index (Phi) is 5.58. The van der Waals surface area contributed by atoms with E-state index in [9.17, 15) is 4.79 Å². The Balaban J connectivity index is 1.49. The third-order valence-corrected chi connectivity index (χ3v) is 6.77. The molecule has 1 unspecified atom stereocenters. The van der Waals surface area contributed by atoms with Crippen LogP contribution < -0.4 is 16.2 Å². The fourth-order valence-electron chi connectivity index (χ4n) is 5.09. The summed E-state index contributed by atoms with van der Waals surface area (Å²) in [5.74, 6) is 6.77. The van der Waals surface area contributed by atoms with Crippen LogP contribution in [-0.2, 0) is 13.1 Å². The van der Waals surface area contributed by atoms with E-state index in [0.29, 0.717) is 30.7 Å². The molecule has 0 spiro atoms. The molecule has 0 radical (unpaired) electrons. The summed E-state index contributed by atoms with van der Waals surface area (Å²) in [5.41, 5.74) is 9.69. The van der Waals surface area contributed by atoms with Crippen molar-refractivity contribution in [3.63, 3.8) is 0 Å². The fourth-order valence-corrected chi connectivity index (χ4v) is 5.09. The first-order valence-corrected chi connectivity index (χ1v) is 12.1. The maximum atomic E-state index is 13.8.